The summed E-state index contributed by atoms with van der Waals surface area (Å²) in [5, 5.41) is 2.73. The first-order valence-corrected chi connectivity index (χ1v) is 5.54. The van der Waals surface area contributed by atoms with Crippen molar-refractivity contribution in [2.75, 3.05) is 13.4 Å². The Kier molecular flexibility index (Phi) is 3.08. The number of aromatic nitrogens is 2. The monoisotopic (exact) mass is 229 g/mol. The maximum absolute atomic E-state index is 11.1. The normalized spacial score (nSPS) is 10.5. The average Bonchev–Trinajstić information content (AvgIpc) is 2.16. The van der Waals surface area contributed by atoms with Gasteiger partial charge in [-0.25, -0.2) is 13.4 Å². The predicted molar refractivity (Wildman–Crippen MR) is 50.5 cm³/mol. The van der Waals surface area contributed by atoms with Crippen LogP contribution < -0.4 is 4.74 Å². The van der Waals surface area contributed by atoms with Crippen molar-refractivity contribution >= 4 is 15.7 Å². The zero-order chi connectivity index (χ0) is 11.5. The Bertz CT molecular complexity index is 520. The van der Waals surface area contributed by atoms with Crippen LogP contribution in [0.2, 0.25) is 0 Å². The van der Waals surface area contributed by atoms with Gasteiger partial charge >= 0.3 is 0 Å². The number of ether oxygens (including phenoxy) is 1. The van der Waals surface area contributed by atoms with Gasteiger partial charge in [0.1, 0.15) is 5.82 Å². The van der Waals surface area contributed by atoms with Gasteiger partial charge in [0.2, 0.25) is 20.9 Å². The van der Waals surface area contributed by atoms with Crippen molar-refractivity contribution in [3.8, 4) is 5.88 Å². The van der Waals surface area contributed by atoms with Gasteiger partial charge in [0.25, 0.3) is 0 Å². The largest absolute Gasteiger partial charge is 0.481 e. The molecule has 0 saturated carbocycles. The molecule has 0 unspecified atom stereocenters. The number of sulfone groups is 1. The molecule has 1 rings (SSSR count). The lowest BCUT2D eigenvalue weighted by Crippen LogP contribution is -2.04. The SMILES string of the molecule is COc1cc(N=[N+]=[N-])nc(S(C)(=O)=O)n1. The molecule has 0 N–H and O–H groups in total. The lowest BCUT2D eigenvalue weighted by molar-refractivity contribution is 0.391. The second-order valence-corrected chi connectivity index (χ2v) is 4.42. The van der Waals surface area contributed by atoms with Gasteiger partial charge in [0, 0.05) is 17.2 Å². The van der Waals surface area contributed by atoms with Crippen molar-refractivity contribution in [2.45, 2.75) is 5.16 Å². The second kappa shape index (κ2) is 4.11. The zero-order valence-electron chi connectivity index (χ0n) is 7.95. The lowest BCUT2D eigenvalue weighted by atomic mass is 10.6. The van der Waals surface area contributed by atoms with Crippen LogP contribution in [0.3, 0.4) is 0 Å². The van der Waals surface area contributed by atoms with E-state index in [2.05, 4.69) is 20.0 Å². The first-order valence-electron chi connectivity index (χ1n) is 3.65. The third-order valence-electron chi connectivity index (χ3n) is 1.36. The summed E-state index contributed by atoms with van der Waals surface area (Å²) in [6.07, 6.45) is 0.946. The van der Waals surface area contributed by atoms with Crippen LogP contribution in [0, 0.1) is 0 Å². The van der Waals surface area contributed by atoms with Crippen LogP contribution in [-0.4, -0.2) is 31.8 Å². The highest BCUT2D eigenvalue weighted by Gasteiger charge is 2.13. The Hall–Kier alpha value is -1.86. The summed E-state index contributed by atoms with van der Waals surface area (Å²) in [6, 6.07) is 1.23. The second-order valence-electron chi connectivity index (χ2n) is 2.51. The van der Waals surface area contributed by atoms with Gasteiger partial charge in [-0.05, 0) is 10.6 Å². The number of azide groups is 1. The van der Waals surface area contributed by atoms with E-state index in [1.165, 1.54) is 13.2 Å². The minimum atomic E-state index is -3.56. The molecule has 8 nitrogen and oxygen atoms in total. The van der Waals surface area contributed by atoms with Crippen molar-refractivity contribution in [1.29, 1.82) is 0 Å². The smallest absolute Gasteiger partial charge is 0.250 e. The van der Waals surface area contributed by atoms with Crippen molar-refractivity contribution in [1.82, 2.24) is 9.97 Å². The molecular weight excluding hydrogens is 222 g/mol. The number of methoxy groups -OCH3 is 1. The number of hydrogen-bond acceptors (Lipinski definition) is 6. The Labute approximate surface area is 85.5 Å². The van der Waals surface area contributed by atoms with Gasteiger partial charge in [-0.1, -0.05) is 0 Å². The highest BCUT2D eigenvalue weighted by molar-refractivity contribution is 7.90. The van der Waals surface area contributed by atoms with Gasteiger partial charge in [0.15, 0.2) is 0 Å². The lowest BCUT2D eigenvalue weighted by Gasteiger charge is -2.02. The molecule has 0 atom stereocenters. The molecule has 0 bridgehead atoms. The fraction of sp³-hybridized carbons (Fsp3) is 0.333. The summed E-state index contributed by atoms with van der Waals surface area (Å²) in [7, 11) is -2.25. The molecule has 0 aromatic carbocycles. The fourth-order valence-electron chi connectivity index (χ4n) is 0.760. The fourth-order valence-corrected chi connectivity index (χ4v) is 1.27. The highest BCUT2D eigenvalue weighted by Crippen LogP contribution is 2.18. The maximum Gasteiger partial charge on any atom is 0.250 e. The average molecular weight is 229 g/mol. The van der Waals surface area contributed by atoms with Crippen molar-refractivity contribution in [3.63, 3.8) is 0 Å². The summed E-state index contributed by atoms with van der Waals surface area (Å²) in [5.41, 5.74) is 8.18. The summed E-state index contributed by atoms with van der Waals surface area (Å²) in [5.74, 6) is -0.0856. The Balaban J connectivity index is 3.42. The van der Waals surface area contributed by atoms with Crippen LogP contribution in [-0.2, 0) is 9.84 Å². The van der Waals surface area contributed by atoms with E-state index in [0.717, 1.165) is 6.26 Å². The Morgan fingerprint density at radius 1 is 1.53 bits per heavy atom. The van der Waals surface area contributed by atoms with Crippen molar-refractivity contribution < 1.29 is 13.2 Å². The quantitative estimate of drug-likeness (QED) is 0.329. The minimum Gasteiger partial charge on any atom is -0.481 e. The van der Waals surface area contributed by atoms with Gasteiger partial charge in [-0.3, -0.25) is 0 Å². The molecule has 1 aromatic heterocycles. The first-order chi connectivity index (χ1) is 6.97. The number of rotatable bonds is 3. The van der Waals surface area contributed by atoms with Crippen LogP contribution in [0.5, 0.6) is 5.88 Å². The standard InChI is InChI=1S/C6H7N5O3S/c1-14-5-3-4(10-11-7)8-6(9-5)15(2,12)13/h3H,1-2H3. The zero-order valence-corrected chi connectivity index (χ0v) is 8.76. The van der Waals surface area contributed by atoms with E-state index in [1.54, 1.807) is 0 Å². The minimum absolute atomic E-state index is 0.0211. The molecule has 0 fully saturated rings. The maximum atomic E-state index is 11.1. The molecule has 0 radical (unpaired) electrons. The molecule has 15 heavy (non-hydrogen) atoms. The van der Waals surface area contributed by atoms with Crippen LogP contribution in [0.25, 0.3) is 10.4 Å². The van der Waals surface area contributed by atoms with Crippen molar-refractivity contribution in [2.24, 2.45) is 5.11 Å². The van der Waals surface area contributed by atoms with E-state index in [9.17, 15) is 8.42 Å². The van der Waals surface area contributed by atoms with Gasteiger partial charge in [-0.15, -0.1) is 0 Å². The topological polar surface area (TPSA) is 118 Å². The first kappa shape index (κ1) is 11.2. The summed E-state index contributed by atoms with van der Waals surface area (Å²) in [6.45, 7) is 0. The number of nitrogens with zero attached hydrogens (tertiary/aromatic N) is 5. The van der Waals surface area contributed by atoms with E-state index in [4.69, 9.17) is 10.3 Å². The molecule has 0 aliphatic rings. The third-order valence-corrected chi connectivity index (χ3v) is 2.20. The summed E-state index contributed by atoms with van der Waals surface area (Å²) in [4.78, 5) is 9.63. The van der Waals surface area contributed by atoms with Gasteiger partial charge in [-0.2, -0.15) is 4.98 Å². The Morgan fingerprint density at radius 3 is 2.67 bits per heavy atom. The molecule has 0 spiro atoms. The molecule has 9 heteroatoms. The summed E-state index contributed by atoms with van der Waals surface area (Å²) < 4.78 is 27.0. The molecule has 1 heterocycles. The number of hydrogen-bond donors (Lipinski definition) is 0. The molecule has 0 aliphatic carbocycles. The van der Waals surface area contributed by atoms with Crippen molar-refractivity contribution in [3.05, 3.63) is 16.5 Å². The molecule has 0 saturated heterocycles. The molecule has 0 aliphatic heterocycles. The Morgan fingerprint density at radius 2 is 2.20 bits per heavy atom. The van der Waals surface area contributed by atoms with Crippen LogP contribution in [0.4, 0.5) is 5.82 Å². The summed E-state index contributed by atoms with van der Waals surface area (Å²) >= 11 is 0. The van der Waals surface area contributed by atoms with E-state index in [0.29, 0.717) is 0 Å². The molecule has 0 amide bonds. The molecule has 1 aromatic rings. The van der Waals surface area contributed by atoms with E-state index >= 15 is 0 Å². The van der Waals surface area contributed by atoms with E-state index in [-0.39, 0.29) is 11.7 Å². The van der Waals surface area contributed by atoms with Gasteiger partial charge < -0.3 is 4.74 Å². The van der Waals surface area contributed by atoms with E-state index < -0.39 is 15.0 Å². The van der Waals surface area contributed by atoms with Crippen LogP contribution >= 0.6 is 0 Å². The van der Waals surface area contributed by atoms with Crippen LogP contribution in [0.15, 0.2) is 16.3 Å². The molecule has 80 valence electrons. The third kappa shape index (κ3) is 2.79. The predicted octanol–water partition coefficient (Wildman–Crippen LogP) is 0.830. The van der Waals surface area contributed by atoms with Crippen LogP contribution in [0.1, 0.15) is 0 Å². The molecular formula is C6H7N5O3S. The van der Waals surface area contributed by atoms with E-state index in [1.807, 2.05) is 0 Å². The highest BCUT2D eigenvalue weighted by atomic mass is 32.2. The van der Waals surface area contributed by atoms with Gasteiger partial charge in [0.05, 0.1) is 7.11 Å².